The minimum absolute atomic E-state index is 0.251. The van der Waals surface area contributed by atoms with Crippen molar-refractivity contribution in [2.45, 2.75) is 32.7 Å². The molecule has 3 nitrogen and oxygen atoms in total. The first-order valence-corrected chi connectivity index (χ1v) is 8.12. The summed E-state index contributed by atoms with van der Waals surface area (Å²) < 4.78 is 0. The van der Waals surface area contributed by atoms with Crippen molar-refractivity contribution in [3.05, 3.63) is 0 Å². The lowest BCUT2D eigenvalue weighted by molar-refractivity contribution is -0.128. The number of hydrogen-bond donors (Lipinski definition) is 0. The SMILES string of the molecule is CCN(C)CC#CCN1C(=O)CCC1C.CI. The van der Waals surface area contributed by atoms with Gasteiger partial charge in [0.15, 0.2) is 0 Å². The maximum atomic E-state index is 11.4. The van der Waals surface area contributed by atoms with Crippen molar-refractivity contribution in [3.8, 4) is 11.8 Å². The van der Waals surface area contributed by atoms with Crippen LogP contribution in [0.2, 0.25) is 0 Å². The Balaban J connectivity index is 0.00000121. The van der Waals surface area contributed by atoms with Gasteiger partial charge in [0.05, 0.1) is 13.1 Å². The number of hydrogen-bond acceptors (Lipinski definition) is 2. The molecule has 0 aromatic rings. The molecule has 1 unspecified atom stereocenters. The Kier molecular flexibility index (Phi) is 9.56. The van der Waals surface area contributed by atoms with Crippen LogP contribution in [0.4, 0.5) is 0 Å². The monoisotopic (exact) mass is 350 g/mol. The molecule has 98 valence electrons. The standard InChI is InChI=1S/C12H20N2O.CH3I/c1-4-13(3)9-5-6-10-14-11(2)7-8-12(14)15;1-2/h11H,4,7-10H2,1-3H3;1H3. The van der Waals surface area contributed by atoms with Crippen LogP contribution < -0.4 is 0 Å². The number of likely N-dealkylation sites (tertiary alicyclic amines) is 1. The van der Waals surface area contributed by atoms with Crippen LogP contribution in [0.25, 0.3) is 0 Å². The van der Waals surface area contributed by atoms with Gasteiger partial charge in [-0.3, -0.25) is 9.69 Å². The van der Waals surface area contributed by atoms with E-state index >= 15 is 0 Å². The molecule has 4 heteroatoms. The normalized spacial score (nSPS) is 18.6. The smallest absolute Gasteiger partial charge is 0.223 e. The van der Waals surface area contributed by atoms with E-state index in [9.17, 15) is 4.79 Å². The molecule has 1 heterocycles. The van der Waals surface area contributed by atoms with E-state index in [1.54, 1.807) is 0 Å². The highest BCUT2D eigenvalue weighted by molar-refractivity contribution is 14.1. The fourth-order valence-corrected chi connectivity index (χ4v) is 1.57. The fourth-order valence-electron chi connectivity index (χ4n) is 1.57. The lowest BCUT2D eigenvalue weighted by atomic mass is 10.2. The number of halogens is 1. The maximum absolute atomic E-state index is 11.4. The molecule has 0 saturated carbocycles. The zero-order chi connectivity index (χ0) is 13.3. The minimum Gasteiger partial charge on any atom is -0.329 e. The Hall–Kier alpha value is -0.280. The van der Waals surface area contributed by atoms with Gasteiger partial charge in [0.2, 0.25) is 5.91 Å². The van der Waals surface area contributed by atoms with E-state index in [-0.39, 0.29) is 5.91 Å². The molecule has 0 bridgehead atoms. The number of alkyl halides is 1. The molecule has 1 aliphatic heterocycles. The molecule has 1 rings (SSSR count). The second-order valence-electron chi connectivity index (χ2n) is 4.09. The Labute approximate surface area is 119 Å². The summed E-state index contributed by atoms with van der Waals surface area (Å²) in [4.78, 5) is 17.4. The summed E-state index contributed by atoms with van der Waals surface area (Å²) in [5.74, 6) is 6.40. The van der Waals surface area contributed by atoms with E-state index in [1.165, 1.54) is 0 Å². The quantitative estimate of drug-likeness (QED) is 0.442. The molecular weight excluding hydrogens is 327 g/mol. The van der Waals surface area contributed by atoms with Gasteiger partial charge in [0.1, 0.15) is 0 Å². The van der Waals surface area contributed by atoms with Crippen molar-refractivity contribution in [2.75, 3.05) is 31.6 Å². The average Bonchev–Trinajstić information content (AvgIpc) is 2.67. The van der Waals surface area contributed by atoms with Crippen LogP contribution in [0.3, 0.4) is 0 Å². The van der Waals surface area contributed by atoms with Crippen molar-refractivity contribution < 1.29 is 4.79 Å². The second-order valence-corrected chi connectivity index (χ2v) is 4.09. The molecule has 1 amide bonds. The molecule has 0 radical (unpaired) electrons. The van der Waals surface area contributed by atoms with Crippen LogP contribution in [0, 0.1) is 11.8 Å². The van der Waals surface area contributed by atoms with Gasteiger partial charge in [-0.25, -0.2) is 0 Å². The van der Waals surface area contributed by atoms with E-state index < -0.39 is 0 Å². The minimum atomic E-state index is 0.251. The first kappa shape index (κ1) is 16.7. The fraction of sp³-hybridized carbons (Fsp3) is 0.769. The molecule has 1 atom stereocenters. The third-order valence-electron chi connectivity index (χ3n) is 2.89. The van der Waals surface area contributed by atoms with Gasteiger partial charge in [-0.1, -0.05) is 41.4 Å². The predicted octanol–water partition coefficient (Wildman–Crippen LogP) is 2.00. The summed E-state index contributed by atoms with van der Waals surface area (Å²) in [6, 6.07) is 0.371. The van der Waals surface area contributed by atoms with Crippen molar-refractivity contribution in [1.82, 2.24) is 9.80 Å². The van der Waals surface area contributed by atoms with Crippen molar-refractivity contribution in [1.29, 1.82) is 0 Å². The summed E-state index contributed by atoms with van der Waals surface area (Å²) in [7, 11) is 2.04. The van der Waals surface area contributed by atoms with Gasteiger partial charge in [-0.15, -0.1) is 0 Å². The van der Waals surface area contributed by atoms with E-state index in [0.717, 1.165) is 19.5 Å². The molecule has 0 spiro atoms. The van der Waals surface area contributed by atoms with Gasteiger partial charge in [-0.05, 0) is 31.9 Å². The van der Waals surface area contributed by atoms with Crippen LogP contribution in [-0.2, 0) is 4.79 Å². The Morgan fingerprint density at radius 2 is 2.12 bits per heavy atom. The highest BCUT2D eigenvalue weighted by atomic mass is 127. The van der Waals surface area contributed by atoms with Gasteiger partial charge in [-0.2, -0.15) is 0 Å². The molecule has 0 aromatic heterocycles. The third-order valence-corrected chi connectivity index (χ3v) is 2.89. The molecule has 1 aliphatic rings. The molecule has 1 fully saturated rings. The summed E-state index contributed by atoms with van der Waals surface area (Å²) in [6.45, 7) is 6.58. The first-order chi connectivity index (χ1) is 8.15. The third kappa shape index (κ3) is 6.27. The molecule has 1 saturated heterocycles. The Bertz CT molecular complexity index is 283. The molecular formula is C13H23IN2O. The van der Waals surface area contributed by atoms with E-state index in [4.69, 9.17) is 0 Å². The summed E-state index contributed by atoms with van der Waals surface area (Å²) >= 11 is 2.15. The van der Waals surface area contributed by atoms with Crippen molar-refractivity contribution in [2.24, 2.45) is 0 Å². The Morgan fingerprint density at radius 1 is 1.47 bits per heavy atom. The second kappa shape index (κ2) is 9.72. The molecule has 0 aliphatic carbocycles. The number of carbonyl (C=O) groups is 1. The highest BCUT2D eigenvalue weighted by Crippen LogP contribution is 2.16. The van der Waals surface area contributed by atoms with Crippen LogP contribution in [0.15, 0.2) is 0 Å². The summed E-state index contributed by atoms with van der Waals surface area (Å²) in [5.41, 5.74) is 0. The number of rotatable bonds is 3. The van der Waals surface area contributed by atoms with Gasteiger partial charge in [0.25, 0.3) is 0 Å². The summed E-state index contributed by atoms with van der Waals surface area (Å²) in [5, 5.41) is 0. The van der Waals surface area contributed by atoms with Crippen molar-refractivity contribution >= 4 is 28.5 Å². The van der Waals surface area contributed by atoms with Gasteiger partial charge < -0.3 is 4.90 Å². The lowest BCUT2D eigenvalue weighted by Gasteiger charge is -2.18. The van der Waals surface area contributed by atoms with E-state index in [2.05, 4.69) is 53.2 Å². The van der Waals surface area contributed by atoms with Crippen molar-refractivity contribution in [3.63, 3.8) is 0 Å². The lowest BCUT2D eigenvalue weighted by Crippen LogP contribution is -2.31. The first-order valence-electron chi connectivity index (χ1n) is 5.96. The molecule has 0 N–H and O–H groups in total. The molecule has 0 aromatic carbocycles. The number of amides is 1. The zero-order valence-electron chi connectivity index (χ0n) is 11.3. The highest BCUT2D eigenvalue weighted by Gasteiger charge is 2.26. The van der Waals surface area contributed by atoms with Crippen LogP contribution in [-0.4, -0.2) is 53.4 Å². The van der Waals surface area contributed by atoms with Crippen LogP contribution >= 0.6 is 22.6 Å². The van der Waals surface area contributed by atoms with Crippen LogP contribution in [0.1, 0.15) is 26.7 Å². The average molecular weight is 350 g/mol. The molecule has 17 heavy (non-hydrogen) atoms. The van der Waals surface area contributed by atoms with Gasteiger partial charge >= 0.3 is 0 Å². The number of nitrogens with zero attached hydrogens (tertiary/aromatic N) is 2. The number of carbonyl (C=O) groups excluding carboxylic acids is 1. The maximum Gasteiger partial charge on any atom is 0.223 e. The van der Waals surface area contributed by atoms with Crippen LogP contribution in [0.5, 0.6) is 0 Å². The summed E-state index contributed by atoms with van der Waals surface area (Å²) in [6.07, 6.45) is 1.67. The van der Waals surface area contributed by atoms with E-state index in [0.29, 0.717) is 19.0 Å². The predicted molar refractivity (Wildman–Crippen MR) is 81.3 cm³/mol. The van der Waals surface area contributed by atoms with E-state index in [1.807, 2.05) is 16.9 Å². The zero-order valence-corrected chi connectivity index (χ0v) is 13.5. The Morgan fingerprint density at radius 3 is 2.59 bits per heavy atom. The topological polar surface area (TPSA) is 23.6 Å². The largest absolute Gasteiger partial charge is 0.329 e. The van der Waals surface area contributed by atoms with Gasteiger partial charge in [0, 0.05) is 12.5 Å².